The molecule has 0 spiro atoms. The van der Waals surface area contributed by atoms with E-state index in [4.69, 9.17) is 10.3 Å². The van der Waals surface area contributed by atoms with Gasteiger partial charge in [-0.05, 0) is 47.2 Å². The summed E-state index contributed by atoms with van der Waals surface area (Å²) in [5.74, 6) is 0. The summed E-state index contributed by atoms with van der Waals surface area (Å²) in [6.45, 7) is 1.73. The van der Waals surface area contributed by atoms with Gasteiger partial charge in [-0.1, -0.05) is 0 Å². The normalized spacial score (nSPS) is 11.6. The highest BCUT2D eigenvalue weighted by Gasteiger charge is 2.15. The van der Waals surface area contributed by atoms with Gasteiger partial charge in [0.15, 0.2) is 0 Å². The van der Waals surface area contributed by atoms with Crippen molar-refractivity contribution < 1.29 is 13.0 Å². The van der Waals surface area contributed by atoms with E-state index >= 15 is 0 Å². The molecule has 0 unspecified atom stereocenters. The van der Waals surface area contributed by atoms with E-state index in [1.807, 2.05) is 22.6 Å². The highest BCUT2D eigenvalue weighted by Crippen LogP contribution is 2.25. The summed E-state index contributed by atoms with van der Waals surface area (Å²) in [4.78, 5) is -0.225. The van der Waals surface area contributed by atoms with Gasteiger partial charge in [0.1, 0.15) is 4.90 Å². The molecule has 1 aromatic rings. The average Bonchev–Trinajstić information content (AvgIpc) is 1.94. The van der Waals surface area contributed by atoms with Gasteiger partial charge in [0.25, 0.3) is 10.1 Å². The largest absolute Gasteiger partial charge is 0.397 e. The Kier molecular flexibility index (Phi) is 2.83. The van der Waals surface area contributed by atoms with Crippen LogP contribution in [0.5, 0.6) is 0 Å². The second-order valence-corrected chi connectivity index (χ2v) is 5.19. The minimum Gasteiger partial charge on any atom is -0.397 e. The Balaban J connectivity index is 3.56. The van der Waals surface area contributed by atoms with Crippen LogP contribution in [0.25, 0.3) is 0 Å². The van der Waals surface area contributed by atoms with Gasteiger partial charge in [0.05, 0.1) is 5.69 Å². The molecule has 72 valence electrons. The Bertz CT molecular complexity index is 441. The van der Waals surface area contributed by atoms with Crippen LogP contribution in [0.1, 0.15) is 5.56 Å². The summed E-state index contributed by atoms with van der Waals surface area (Å²) in [6.07, 6.45) is 0. The van der Waals surface area contributed by atoms with E-state index in [1.165, 1.54) is 6.07 Å². The van der Waals surface area contributed by atoms with E-state index in [1.54, 1.807) is 13.0 Å². The number of hydrogen-bond donors (Lipinski definition) is 2. The van der Waals surface area contributed by atoms with E-state index in [0.29, 0.717) is 3.57 Å². The SMILES string of the molecule is Cc1cc(I)c(N)c(S(=O)(=O)O)c1. The van der Waals surface area contributed by atoms with Gasteiger partial charge >= 0.3 is 0 Å². The molecule has 0 aliphatic heterocycles. The molecular weight excluding hydrogens is 305 g/mol. The highest BCUT2D eigenvalue weighted by atomic mass is 127. The number of halogens is 1. The standard InChI is InChI=1S/C7H8INO3S/c1-4-2-5(8)7(9)6(3-4)13(10,11)12/h2-3H,9H2,1H3,(H,10,11,12). The number of nitrogens with two attached hydrogens (primary N) is 1. The number of rotatable bonds is 1. The first kappa shape index (κ1) is 10.7. The summed E-state index contributed by atoms with van der Waals surface area (Å²) < 4.78 is 31.1. The molecule has 3 N–H and O–H groups in total. The zero-order chi connectivity index (χ0) is 10.2. The lowest BCUT2D eigenvalue weighted by atomic mass is 10.2. The third-order valence-electron chi connectivity index (χ3n) is 1.51. The van der Waals surface area contributed by atoms with Crippen molar-refractivity contribution in [1.29, 1.82) is 0 Å². The van der Waals surface area contributed by atoms with Gasteiger partial charge in [0.2, 0.25) is 0 Å². The third kappa shape index (κ3) is 2.32. The Morgan fingerprint density at radius 2 is 2.00 bits per heavy atom. The zero-order valence-corrected chi connectivity index (χ0v) is 9.76. The number of benzene rings is 1. The minimum atomic E-state index is -4.21. The Hall–Kier alpha value is -0.340. The quantitative estimate of drug-likeness (QED) is 0.467. The van der Waals surface area contributed by atoms with Gasteiger partial charge in [-0.15, -0.1) is 0 Å². The van der Waals surface area contributed by atoms with E-state index < -0.39 is 10.1 Å². The molecule has 0 amide bonds. The van der Waals surface area contributed by atoms with Crippen LogP contribution in [0.2, 0.25) is 0 Å². The molecule has 4 nitrogen and oxygen atoms in total. The van der Waals surface area contributed by atoms with E-state index in [2.05, 4.69) is 0 Å². The van der Waals surface area contributed by atoms with E-state index in [9.17, 15) is 8.42 Å². The molecule has 0 heterocycles. The second kappa shape index (κ2) is 3.43. The highest BCUT2D eigenvalue weighted by molar-refractivity contribution is 14.1. The molecule has 0 aliphatic carbocycles. The van der Waals surface area contributed by atoms with Crippen LogP contribution in [0.4, 0.5) is 5.69 Å². The maximum absolute atomic E-state index is 10.8. The van der Waals surface area contributed by atoms with Crippen molar-refractivity contribution in [1.82, 2.24) is 0 Å². The molecule has 1 aromatic carbocycles. The average molecular weight is 313 g/mol. The van der Waals surface area contributed by atoms with Crippen LogP contribution in [-0.2, 0) is 10.1 Å². The Labute approximate surface area is 90.0 Å². The topological polar surface area (TPSA) is 80.4 Å². The van der Waals surface area contributed by atoms with Crippen molar-refractivity contribution >= 4 is 38.4 Å². The molecule has 0 fully saturated rings. The number of anilines is 1. The zero-order valence-electron chi connectivity index (χ0n) is 6.78. The van der Waals surface area contributed by atoms with Crippen molar-refractivity contribution in [3.8, 4) is 0 Å². The van der Waals surface area contributed by atoms with Crippen LogP contribution in [0.15, 0.2) is 17.0 Å². The summed E-state index contributed by atoms with van der Waals surface area (Å²) in [5, 5.41) is 0. The molecular formula is C7H8INO3S. The maximum Gasteiger partial charge on any atom is 0.296 e. The van der Waals surface area contributed by atoms with Gasteiger partial charge in [-0.2, -0.15) is 8.42 Å². The van der Waals surface area contributed by atoms with Gasteiger partial charge in [-0.3, -0.25) is 4.55 Å². The predicted molar refractivity (Wildman–Crippen MR) is 58.1 cm³/mol. The van der Waals surface area contributed by atoms with Crippen molar-refractivity contribution in [2.24, 2.45) is 0 Å². The molecule has 6 heteroatoms. The predicted octanol–water partition coefficient (Wildman–Crippen LogP) is 1.43. The first-order valence-corrected chi connectivity index (χ1v) is 5.87. The fraction of sp³-hybridized carbons (Fsp3) is 0.143. The van der Waals surface area contributed by atoms with Crippen LogP contribution < -0.4 is 5.73 Å². The summed E-state index contributed by atoms with van der Waals surface area (Å²) >= 11 is 1.92. The number of hydrogen-bond acceptors (Lipinski definition) is 3. The second-order valence-electron chi connectivity index (χ2n) is 2.63. The van der Waals surface area contributed by atoms with Crippen molar-refractivity contribution in [3.05, 3.63) is 21.3 Å². The first-order valence-electron chi connectivity index (χ1n) is 3.35. The van der Waals surface area contributed by atoms with Crippen molar-refractivity contribution in [2.45, 2.75) is 11.8 Å². The van der Waals surface area contributed by atoms with Gasteiger partial charge < -0.3 is 5.73 Å². The van der Waals surface area contributed by atoms with Crippen molar-refractivity contribution in [2.75, 3.05) is 5.73 Å². The first-order chi connectivity index (χ1) is 5.82. The molecule has 0 aliphatic rings. The molecule has 0 atom stereocenters. The molecule has 0 radical (unpaired) electrons. The van der Waals surface area contributed by atoms with Crippen LogP contribution in [-0.4, -0.2) is 13.0 Å². The summed E-state index contributed by atoms with van der Waals surface area (Å²) in [7, 11) is -4.21. The molecule has 0 bridgehead atoms. The van der Waals surface area contributed by atoms with E-state index in [-0.39, 0.29) is 10.6 Å². The van der Waals surface area contributed by atoms with Gasteiger partial charge in [-0.25, -0.2) is 0 Å². The third-order valence-corrected chi connectivity index (χ3v) is 3.30. The van der Waals surface area contributed by atoms with Gasteiger partial charge in [0, 0.05) is 3.57 Å². The van der Waals surface area contributed by atoms with Crippen molar-refractivity contribution in [3.63, 3.8) is 0 Å². The maximum atomic E-state index is 10.8. The smallest absolute Gasteiger partial charge is 0.296 e. The molecule has 1 rings (SSSR count). The number of aryl methyl sites for hydroxylation is 1. The molecule has 0 aromatic heterocycles. The fourth-order valence-electron chi connectivity index (χ4n) is 0.935. The lowest BCUT2D eigenvalue weighted by molar-refractivity contribution is 0.483. The Morgan fingerprint density at radius 3 is 2.46 bits per heavy atom. The van der Waals surface area contributed by atoms with E-state index in [0.717, 1.165) is 5.56 Å². The molecule has 13 heavy (non-hydrogen) atoms. The lowest BCUT2D eigenvalue weighted by Crippen LogP contribution is -2.05. The summed E-state index contributed by atoms with van der Waals surface area (Å²) in [5.41, 5.74) is 6.32. The monoisotopic (exact) mass is 313 g/mol. The lowest BCUT2D eigenvalue weighted by Gasteiger charge is -2.05. The van der Waals surface area contributed by atoms with Crippen LogP contribution in [0, 0.1) is 10.5 Å². The van der Waals surface area contributed by atoms with Crippen LogP contribution in [0.3, 0.4) is 0 Å². The minimum absolute atomic E-state index is 0.0914. The fourth-order valence-corrected chi connectivity index (χ4v) is 2.62. The Morgan fingerprint density at radius 1 is 1.46 bits per heavy atom. The number of nitrogen functional groups attached to an aromatic ring is 1. The summed E-state index contributed by atoms with van der Waals surface area (Å²) in [6, 6.07) is 3.08. The van der Waals surface area contributed by atoms with Crippen LogP contribution >= 0.6 is 22.6 Å². The molecule has 0 saturated heterocycles. The molecule has 0 saturated carbocycles.